The lowest BCUT2D eigenvalue weighted by molar-refractivity contribution is 0.101. The maximum atomic E-state index is 13.2. The molecule has 1 amide bonds. The number of methoxy groups -OCH3 is 1. The first-order valence-corrected chi connectivity index (χ1v) is 18.2. The molecule has 17 heteroatoms. The molecule has 0 unspecified atom stereocenters. The van der Waals surface area contributed by atoms with Gasteiger partial charge in [-0.1, -0.05) is 24.3 Å². The number of para-hydroxylation sites is 1. The molecule has 1 aliphatic rings. The van der Waals surface area contributed by atoms with Crippen LogP contribution >= 0.6 is 22.6 Å². The Morgan fingerprint density at radius 2 is 1.63 bits per heavy atom. The van der Waals surface area contributed by atoms with Crippen LogP contribution in [0.25, 0.3) is 49.9 Å². The molecule has 54 heavy (non-hydrogen) atoms. The van der Waals surface area contributed by atoms with Gasteiger partial charge < -0.3 is 31.4 Å². The van der Waals surface area contributed by atoms with Crippen molar-refractivity contribution in [2.45, 2.75) is 18.9 Å². The van der Waals surface area contributed by atoms with E-state index in [1.165, 1.54) is 12.7 Å². The van der Waals surface area contributed by atoms with E-state index in [-0.39, 0.29) is 11.9 Å². The largest absolute Gasteiger partial charge is 0.495 e. The lowest BCUT2D eigenvalue weighted by Gasteiger charge is -2.23. The Morgan fingerprint density at radius 3 is 2.37 bits per heavy atom. The van der Waals surface area contributed by atoms with Gasteiger partial charge in [-0.2, -0.15) is 10.2 Å². The first-order chi connectivity index (χ1) is 26.3. The van der Waals surface area contributed by atoms with Crippen LogP contribution in [-0.2, 0) is 7.05 Å². The second kappa shape index (κ2) is 14.7. The van der Waals surface area contributed by atoms with Gasteiger partial charge in [-0.15, -0.1) is 0 Å². The lowest BCUT2D eigenvalue weighted by atomic mass is 10.1. The van der Waals surface area contributed by atoms with E-state index >= 15 is 0 Å². The summed E-state index contributed by atoms with van der Waals surface area (Å²) in [7, 11) is 3.46. The summed E-state index contributed by atoms with van der Waals surface area (Å²) in [5.41, 5.74) is 18.1. The van der Waals surface area contributed by atoms with Gasteiger partial charge in [0.05, 0.1) is 35.3 Å². The van der Waals surface area contributed by atoms with E-state index in [0.29, 0.717) is 40.1 Å². The highest BCUT2D eigenvalue weighted by atomic mass is 127. The number of anilines is 3. The summed E-state index contributed by atoms with van der Waals surface area (Å²) in [6.45, 7) is 1.86. The van der Waals surface area contributed by atoms with Gasteiger partial charge in [0, 0.05) is 35.9 Å². The normalized spacial score (nSPS) is 13.2. The van der Waals surface area contributed by atoms with E-state index in [9.17, 15) is 4.79 Å². The van der Waals surface area contributed by atoms with E-state index in [2.05, 4.69) is 63.2 Å². The molecule has 1 aliphatic heterocycles. The summed E-state index contributed by atoms with van der Waals surface area (Å²) in [5.74, 6) is 1.12. The third kappa shape index (κ3) is 6.40. The number of pyridine rings is 1. The van der Waals surface area contributed by atoms with E-state index < -0.39 is 0 Å². The molecule has 0 spiro atoms. The van der Waals surface area contributed by atoms with Crippen molar-refractivity contribution in [3.63, 3.8) is 0 Å². The van der Waals surface area contributed by atoms with Crippen molar-refractivity contribution < 1.29 is 9.53 Å². The molecule has 1 saturated heterocycles. The Labute approximate surface area is 322 Å². The van der Waals surface area contributed by atoms with Crippen molar-refractivity contribution >= 4 is 78.8 Å². The van der Waals surface area contributed by atoms with Crippen LogP contribution in [0.15, 0.2) is 85.7 Å². The monoisotopic (exact) mass is 834 g/mol. The van der Waals surface area contributed by atoms with E-state index in [0.717, 1.165) is 68.2 Å². The molecule has 1 fully saturated rings. The summed E-state index contributed by atoms with van der Waals surface area (Å²) < 4.78 is 12.1. The van der Waals surface area contributed by atoms with E-state index in [1.54, 1.807) is 24.2 Å². The quantitative estimate of drug-likeness (QED) is 0.161. The fourth-order valence-corrected chi connectivity index (χ4v) is 7.47. The zero-order valence-corrected chi connectivity index (χ0v) is 31.5. The number of ether oxygens (including phenoxy) is 1. The van der Waals surface area contributed by atoms with Crippen LogP contribution in [0, 0.1) is 3.70 Å². The minimum absolute atomic E-state index is 0.219. The Hall–Kier alpha value is -6.21. The fourth-order valence-electron chi connectivity index (χ4n) is 6.74. The third-order valence-corrected chi connectivity index (χ3v) is 10.2. The molecule has 7 heterocycles. The number of aryl methyl sites for hydroxylation is 1. The fraction of sp³-hybridized carbons (Fsp3) is 0.189. The molecule has 0 radical (unpaired) electrons. The topological polar surface area (TPSA) is 207 Å². The third-order valence-electron chi connectivity index (χ3n) is 9.44. The van der Waals surface area contributed by atoms with Gasteiger partial charge in [0.25, 0.3) is 5.91 Å². The van der Waals surface area contributed by atoms with E-state index in [4.69, 9.17) is 21.3 Å². The summed E-state index contributed by atoms with van der Waals surface area (Å²) >= 11 is 2.12. The molecule has 0 atom stereocenters. The number of carbonyl (C=O) groups is 1. The zero-order chi connectivity index (χ0) is 37.3. The molecule has 8 aromatic rings. The molecule has 6 N–H and O–H groups in total. The Kier molecular flexibility index (Phi) is 9.47. The molecule has 272 valence electrons. The number of nitrogens with two attached hydrogens (primary N) is 2. The zero-order valence-electron chi connectivity index (χ0n) is 29.3. The number of rotatable bonds is 6. The van der Waals surface area contributed by atoms with Gasteiger partial charge in [-0.05, 0) is 84.9 Å². The van der Waals surface area contributed by atoms with Gasteiger partial charge in [0.15, 0.2) is 11.3 Å². The van der Waals surface area contributed by atoms with Gasteiger partial charge in [0.2, 0.25) is 0 Å². The molecule has 9 rings (SSSR count). The summed E-state index contributed by atoms with van der Waals surface area (Å²) in [6.07, 6.45) is 8.26. The molecule has 2 aromatic carbocycles. The van der Waals surface area contributed by atoms with Crippen molar-refractivity contribution in [3.8, 4) is 22.7 Å². The molecule has 6 aromatic heterocycles. The predicted molar refractivity (Wildman–Crippen MR) is 215 cm³/mol. The van der Waals surface area contributed by atoms with Crippen LogP contribution in [0.3, 0.4) is 0 Å². The standard InChI is InChI=1S/C27H28N8O2.C10H7IN6/c1-34-20-6-4-3-5-16(20)13-21(34)27(36)32-19-8-7-17(14-22(19)37-2)24-23-25(28)30-15-31-26(23)35(33-24)18-9-11-29-12-10-18;11-8-7-9(12)14-5-15-10(7)17(16-8)6-1-3-13-4-2-6/h3-8,13-15,18,29H,9-12H2,1-2H3,(H,32,36)(H2,28,30,31);1-5H,(H2,12,14,15). The Morgan fingerprint density at radius 1 is 0.907 bits per heavy atom. The number of piperidine rings is 1. The van der Waals surface area contributed by atoms with Crippen molar-refractivity contribution in [2.75, 3.05) is 37.0 Å². The number of halogens is 1. The number of nitrogen functional groups attached to an aromatic ring is 2. The van der Waals surface area contributed by atoms with Crippen molar-refractivity contribution in [3.05, 3.63) is 95.1 Å². The van der Waals surface area contributed by atoms with Crippen LogP contribution in [0.1, 0.15) is 29.4 Å². The van der Waals surface area contributed by atoms with Crippen molar-refractivity contribution in [1.29, 1.82) is 0 Å². The van der Waals surface area contributed by atoms with Crippen molar-refractivity contribution in [2.24, 2.45) is 7.05 Å². The van der Waals surface area contributed by atoms with Crippen LogP contribution in [-0.4, -0.2) is 75.2 Å². The van der Waals surface area contributed by atoms with Gasteiger partial charge >= 0.3 is 0 Å². The second-order valence-corrected chi connectivity index (χ2v) is 13.6. The number of hydrogen-bond acceptors (Lipinski definition) is 12. The molecular formula is C37H35IN14O2. The number of benzene rings is 2. The average Bonchev–Trinajstić information content (AvgIpc) is 3.88. The minimum atomic E-state index is -0.219. The summed E-state index contributed by atoms with van der Waals surface area (Å²) in [4.78, 5) is 34.1. The molecule has 0 bridgehead atoms. The SMILES string of the molecule is COc1cc(-c2nn(C3CCNCC3)c3ncnc(N)c23)ccc1NC(=O)c1cc2ccccc2n1C.Nc1ncnc2c1c(I)nn2-c1ccncc1. The average molecular weight is 835 g/mol. The highest BCUT2D eigenvalue weighted by Gasteiger charge is 2.24. The van der Waals surface area contributed by atoms with Crippen LogP contribution in [0.4, 0.5) is 17.3 Å². The number of aromatic nitrogens is 10. The van der Waals surface area contributed by atoms with E-state index in [1.807, 2.05) is 77.0 Å². The molecule has 0 aliphatic carbocycles. The number of hydrogen-bond donors (Lipinski definition) is 4. The summed E-state index contributed by atoms with van der Waals surface area (Å²) in [5, 5.41) is 18.3. The maximum absolute atomic E-state index is 13.2. The smallest absolute Gasteiger partial charge is 0.272 e. The molecule has 0 saturated carbocycles. The van der Waals surface area contributed by atoms with Gasteiger partial charge in [0.1, 0.15) is 45.1 Å². The first kappa shape index (κ1) is 34.9. The minimum Gasteiger partial charge on any atom is -0.495 e. The van der Waals surface area contributed by atoms with Crippen LogP contribution < -0.4 is 26.8 Å². The van der Waals surface area contributed by atoms with Gasteiger partial charge in [-0.3, -0.25) is 9.78 Å². The number of carbonyl (C=O) groups excluding carboxylic acids is 1. The Balaban J connectivity index is 0.000000202. The highest BCUT2D eigenvalue weighted by molar-refractivity contribution is 14.1. The van der Waals surface area contributed by atoms with Crippen LogP contribution in [0.5, 0.6) is 5.75 Å². The predicted octanol–water partition coefficient (Wildman–Crippen LogP) is 5.15. The number of fused-ring (bicyclic) bond motifs is 3. The maximum Gasteiger partial charge on any atom is 0.272 e. The Bertz CT molecular complexity index is 2650. The second-order valence-electron chi connectivity index (χ2n) is 12.6. The summed E-state index contributed by atoms with van der Waals surface area (Å²) in [6, 6.07) is 19.3. The van der Waals surface area contributed by atoms with Gasteiger partial charge in [-0.25, -0.2) is 29.3 Å². The van der Waals surface area contributed by atoms with Crippen molar-refractivity contribution in [1.82, 2.24) is 54.4 Å². The molecular weight excluding hydrogens is 799 g/mol. The first-order valence-electron chi connectivity index (χ1n) is 17.1. The number of nitrogens with zero attached hydrogens (tertiary/aromatic N) is 10. The number of nitrogens with one attached hydrogen (secondary N) is 2. The van der Waals surface area contributed by atoms with Crippen LogP contribution in [0.2, 0.25) is 0 Å². The lowest BCUT2D eigenvalue weighted by Crippen LogP contribution is -2.30. The molecule has 16 nitrogen and oxygen atoms in total. The number of amides is 1. The highest BCUT2D eigenvalue weighted by Crippen LogP contribution is 2.37.